The molecule has 0 spiro atoms. The largest absolute Gasteiger partial charge is 0.309 e. The summed E-state index contributed by atoms with van der Waals surface area (Å²) in [6.07, 6.45) is 6.44. The SMILES string of the molecule is c1ccc(-c2ccc(-c3ccccc3N(c3ccccc3-c3cccc4cccc(-c5ccccc5)c34)c3ccccc3-c3cccc4cccc(C5CCCCC5)c34)cc2)cc1. The maximum absolute atomic E-state index is 2.55. The van der Waals surface area contributed by atoms with Crippen LogP contribution in [0, 0.1) is 0 Å². The second kappa shape index (κ2) is 17.1. The molecule has 0 saturated heterocycles. The molecule has 1 saturated carbocycles. The van der Waals surface area contributed by atoms with Crippen molar-refractivity contribution in [3.63, 3.8) is 0 Å². The summed E-state index contributed by atoms with van der Waals surface area (Å²) in [5.41, 5.74) is 17.0. The molecule has 0 aromatic heterocycles. The minimum Gasteiger partial charge on any atom is -0.309 e. The van der Waals surface area contributed by atoms with Gasteiger partial charge in [-0.25, -0.2) is 0 Å². The third kappa shape index (κ3) is 7.30. The van der Waals surface area contributed by atoms with E-state index in [1.165, 1.54) is 115 Å². The molecule has 0 atom stereocenters. The lowest BCUT2D eigenvalue weighted by atomic mass is 9.80. The minimum atomic E-state index is 0.567. The van der Waals surface area contributed by atoms with Gasteiger partial charge in [0.2, 0.25) is 0 Å². The minimum absolute atomic E-state index is 0.567. The maximum Gasteiger partial charge on any atom is 0.0540 e. The first kappa shape index (κ1) is 38.4. The highest BCUT2D eigenvalue weighted by Gasteiger charge is 2.26. The van der Waals surface area contributed by atoms with Crippen molar-refractivity contribution < 1.29 is 0 Å². The number of hydrogen-bond acceptors (Lipinski definition) is 1. The molecule has 63 heavy (non-hydrogen) atoms. The molecule has 1 fully saturated rings. The first-order valence-electron chi connectivity index (χ1n) is 22.6. The van der Waals surface area contributed by atoms with E-state index in [1.807, 2.05) is 0 Å². The number of fused-ring (bicyclic) bond motifs is 2. The topological polar surface area (TPSA) is 3.24 Å². The molecule has 0 radical (unpaired) electrons. The van der Waals surface area contributed by atoms with Crippen LogP contribution in [0.3, 0.4) is 0 Å². The summed E-state index contributed by atoms with van der Waals surface area (Å²) in [5.74, 6) is 0.567. The van der Waals surface area contributed by atoms with E-state index in [2.05, 4.69) is 235 Å². The van der Waals surface area contributed by atoms with Crippen LogP contribution in [0.1, 0.15) is 43.6 Å². The molecular formula is C62H49N. The maximum atomic E-state index is 2.55. The fourth-order valence-corrected chi connectivity index (χ4v) is 10.3. The van der Waals surface area contributed by atoms with E-state index in [4.69, 9.17) is 0 Å². The predicted octanol–water partition coefficient (Wildman–Crippen LogP) is 17.8. The predicted molar refractivity (Wildman–Crippen MR) is 269 cm³/mol. The second-order valence-corrected chi connectivity index (χ2v) is 17.0. The molecule has 0 unspecified atom stereocenters. The summed E-state index contributed by atoms with van der Waals surface area (Å²) < 4.78 is 0. The van der Waals surface area contributed by atoms with Crippen LogP contribution in [0.15, 0.2) is 231 Å². The Labute approximate surface area is 371 Å². The van der Waals surface area contributed by atoms with Crippen LogP contribution in [-0.2, 0) is 0 Å². The van der Waals surface area contributed by atoms with Gasteiger partial charge in [0.1, 0.15) is 0 Å². The van der Waals surface area contributed by atoms with Crippen molar-refractivity contribution in [1.82, 2.24) is 0 Å². The first-order valence-corrected chi connectivity index (χ1v) is 22.6. The fraction of sp³-hybridized carbons (Fsp3) is 0.0968. The fourth-order valence-electron chi connectivity index (χ4n) is 10.3. The summed E-state index contributed by atoms with van der Waals surface area (Å²) in [4.78, 5) is 2.55. The van der Waals surface area contributed by atoms with Gasteiger partial charge in [-0.3, -0.25) is 0 Å². The molecule has 0 N–H and O–H groups in total. The van der Waals surface area contributed by atoms with Gasteiger partial charge >= 0.3 is 0 Å². The molecule has 0 aliphatic heterocycles. The Bertz CT molecular complexity index is 3180. The summed E-state index contributed by atoms with van der Waals surface area (Å²) in [6.45, 7) is 0. The third-order valence-corrected chi connectivity index (χ3v) is 13.3. The number of hydrogen-bond donors (Lipinski definition) is 0. The highest BCUT2D eigenvalue weighted by molar-refractivity contribution is 6.10. The quantitative estimate of drug-likeness (QED) is 0.140. The molecule has 0 heterocycles. The van der Waals surface area contributed by atoms with Gasteiger partial charge in [-0.05, 0) is 103 Å². The third-order valence-electron chi connectivity index (χ3n) is 13.3. The van der Waals surface area contributed by atoms with E-state index < -0.39 is 0 Å². The molecular weight excluding hydrogens is 759 g/mol. The number of benzene rings is 10. The van der Waals surface area contributed by atoms with Crippen LogP contribution in [0.5, 0.6) is 0 Å². The standard InChI is InChI=1S/C62H49N/c1-4-20-44(21-5-1)45-40-42-48(43-41-45)51-30-10-13-37-58(51)63(59-38-14-11-31-54(59)56-35-18-28-49-26-16-33-52(61(49)56)46-22-6-2-7-23-46)60-39-15-12-32-55(60)57-36-19-29-50-27-17-34-53(62(50)57)47-24-8-3-9-25-47/h1-2,4-7,10-23,26-43,47H,3,8-9,24-25H2. The van der Waals surface area contributed by atoms with Crippen molar-refractivity contribution >= 4 is 38.6 Å². The zero-order valence-electron chi connectivity index (χ0n) is 35.5. The van der Waals surface area contributed by atoms with Crippen LogP contribution in [0.2, 0.25) is 0 Å². The number of rotatable bonds is 9. The zero-order chi connectivity index (χ0) is 42.0. The molecule has 10 aromatic carbocycles. The summed E-state index contributed by atoms with van der Waals surface area (Å²) in [5, 5.41) is 5.17. The molecule has 302 valence electrons. The Morgan fingerprint density at radius 1 is 0.270 bits per heavy atom. The van der Waals surface area contributed by atoms with Gasteiger partial charge in [-0.15, -0.1) is 0 Å². The van der Waals surface area contributed by atoms with Gasteiger partial charge in [0, 0.05) is 16.7 Å². The second-order valence-electron chi connectivity index (χ2n) is 17.0. The average Bonchev–Trinajstić information content (AvgIpc) is 3.37. The van der Waals surface area contributed by atoms with Gasteiger partial charge in [-0.2, -0.15) is 0 Å². The van der Waals surface area contributed by atoms with E-state index in [1.54, 1.807) is 0 Å². The Morgan fingerprint density at radius 2 is 0.667 bits per heavy atom. The molecule has 0 bridgehead atoms. The van der Waals surface area contributed by atoms with Gasteiger partial charge in [0.25, 0.3) is 0 Å². The smallest absolute Gasteiger partial charge is 0.0540 e. The van der Waals surface area contributed by atoms with Gasteiger partial charge in [-0.1, -0.05) is 232 Å². The van der Waals surface area contributed by atoms with Gasteiger partial charge < -0.3 is 4.90 Å². The van der Waals surface area contributed by atoms with E-state index >= 15 is 0 Å². The van der Waals surface area contributed by atoms with Crippen LogP contribution in [0.25, 0.3) is 77.2 Å². The lowest BCUT2D eigenvalue weighted by Gasteiger charge is -2.32. The Kier molecular flexibility index (Phi) is 10.4. The van der Waals surface area contributed by atoms with Crippen LogP contribution in [-0.4, -0.2) is 0 Å². The lowest BCUT2D eigenvalue weighted by Crippen LogP contribution is -2.14. The van der Waals surface area contributed by atoms with E-state index in [0.717, 1.165) is 17.1 Å². The Morgan fingerprint density at radius 3 is 1.27 bits per heavy atom. The average molecular weight is 808 g/mol. The number of nitrogens with zero attached hydrogens (tertiary/aromatic N) is 1. The Hall–Kier alpha value is -7.48. The zero-order valence-corrected chi connectivity index (χ0v) is 35.5. The first-order chi connectivity index (χ1) is 31.3. The van der Waals surface area contributed by atoms with Crippen molar-refractivity contribution in [2.24, 2.45) is 0 Å². The normalized spacial score (nSPS) is 13.0. The number of para-hydroxylation sites is 3. The monoisotopic (exact) mass is 807 g/mol. The Balaban J connectivity index is 1.17. The summed E-state index contributed by atoms with van der Waals surface area (Å²) in [6, 6.07) is 85.1. The van der Waals surface area contributed by atoms with Crippen molar-refractivity contribution in [2.75, 3.05) is 4.90 Å². The van der Waals surface area contributed by atoms with Crippen molar-refractivity contribution in [3.8, 4) is 55.6 Å². The highest BCUT2D eigenvalue weighted by Crippen LogP contribution is 2.51. The van der Waals surface area contributed by atoms with Gasteiger partial charge in [0.15, 0.2) is 0 Å². The summed E-state index contributed by atoms with van der Waals surface area (Å²) >= 11 is 0. The van der Waals surface area contributed by atoms with E-state index in [-0.39, 0.29) is 0 Å². The lowest BCUT2D eigenvalue weighted by molar-refractivity contribution is 0.445. The molecule has 0 amide bonds. The van der Waals surface area contributed by atoms with Crippen LogP contribution in [0.4, 0.5) is 17.1 Å². The molecule has 11 rings (SSSR count). The molecule has 10 aromatic rings. The summed E-state index contributed by atoms with van der Waals surface area (Å²) in [7, 11) is 0. The number of anilines is 3. The van der Waals surface area contributed by atoms with Crippen molar-refractivity contribution in [2.45, 2.75) is 38.0 Å². The highest BCUT2D eigenvalue weighted by atomic mass is 15.1. The van der Waals surface area contributed by atoms with Crippen molar-refractivity contribution in [3.05, 3.63) is 236 Å². The van der Waals surface area contributed by atoms with E-state index in [0.29, 0.717) is 5.92 Å². The van der Waals surface area contributed by atoms with E-state index in [9.17, 15) is 0 Å². The van der Waals surface area contributed by atoms with Crippen LogP contribution < -0.4 is 4.90 Å². The molecule has 1 heteroatoms. The molecule has 1 aliphatic carbocycles. The van der Waals surface area contributed by atoms with Gasteiger partial charge in [0.05, 0.1) is 17.1 Å². The van der Waals surface area contributed by atoms with Crippen LogP contribution >= 0.6 is 0 Å². The molecule has 1 aliphatic rings. The van der Waals surface area contributed by atoms with Crippen molar-refractivity contribution in [1.29, 1.82) is 0 Å². The molecule has 1 nitrogen and oxygen atoms in total.